The highest BCUT2D eigenvalue weighted by atomic mass is 32.2. The number of rotatable bonds is 0. The second-order valence-corrected chi connectivity index (χ2v) is 17.1. The quantitative estimate of drug-likeness (QED) is 0.159. The summed E-state index contributed by atoms with van der Waals surface area (Å²) in [5, 5.41) is 2.29. The molecule has 0 N–H and O–H groups in total. The Morgan fingerprint density at radius 3 is 1.20 bits per heavy atom. The van der Waals surface area contributed by atoms with Crippen LogP contribution in [0, 0.1) is 0 Å². The highest BCUT2D eigenvalue weighted by Gasteiger charge is 2.20. The summed E-state index contributed by atoms with van der Waals surface area (Å²) < 4.78 is 20.3. The number of hydrogen-bond acceptors (Lipinski definition) is 8. The average molecular weight is 677 g/mol. The lowest BCUT2D eigenvalue weighted by molar-refractivity contribution is 0.648. The Kier molecular flexibility index (Phi) is 6.95. The zero-order chi connectivity index (χ0) is 29.0. The summed E-state index contributed by atoms with van der Waals surface area (Å²) in [5.41, 5.74) is 3.22. The van der Waals surface area contributed by atoms with Crippen molar-refractivity contribution >= 4 is 119 Å². The zero-order valence-electron chi connectivity index (χ0n) is 22.8. The molecule has 44 heavy (non-hydrogen) atoms. The van der Waals surface area contributed by atoms with E-state index in [1.54, 1.807) is 23.5 Å². The minimum Gasteiger partial charge on any atom is -0.457 e. The number of thioether (sulfide) groups is 4. The van der Waals surface area contributed by atoms with Crippen LogP contribution in [0.15, 0.2) is 150 Å². The Bertz CT molecular complexity index is 2190. The summed E-state index contributed by atoms with van der Waals surface area (Å²) in [7, 11) is 0. The summed E-state index contributed by atoms with van der Waals surface area (Å²) >= 11 is 10.9. The van der Waals surface area contributed by atoms with Crippen molar-refractivity contribution in [3.63, 3.8) is 0 Å². The van der Waals surface area contributed by atoms with Gasteiger partial charge >= 0.3 is 0 Å². The number of fused-ring (bicyclic) bond motifs is 10. The molecule has 0 atom stereocenters. The fourth-order valence-electron chi connectivity index (χ4n) is 5.16. The predicted molar refractivity (Wildman–Crippen MR) is 194 cm³/mol. The molecule has 5 aromatic heterocycles. The maximum Gasteiger partial charge on any atom is 0.140 e. The van der Waals surface area contributed by atoms with Crippen LogP contribution in [0.1, 0.15) is 0 Å². The van der Waals surface area contributed by atoms with Gasteiger partial charge in [-0.05, 0) is 97.1 Å². The van der Waals surface area contributed by atoms with Crippen LogP contribution >= 0.6 is 69.7 Å². The van der Waals surface area contributed by atoms with Crippen LogP contribution < -0.4 is 10.4 Å². The van der Waals surface area contributed by atoms with Crippen molar-refractivity contribution in [2.45, 2.75) is 19.6 Å². The lowest BCUT2D eigenvalue weighted by Gasteiger charge is -1.95. The molecular formula is C36H20O2S6. The van der Waals surface area contributed by atoms with E-state index in [4.69, 9.17) is 8.83 Å². The molecule has 0 saturated heterocycles. The Labute approximate surface area is 277 Å². The van der Waals surface area contributed by atoms with Crippen molar-refractivity contribution < 1.29 is 8.83 Å². The molecule has 2 aromatic carbocycles. The van der Waals surface area contributed by atoms with Gasteiger partial charge in [0, 0.05) is 43.6 Å². The normalized spacial score (nSPS) is 13.9. The van der Waals surface area contributed by atoms with Gasteiger partial charge in [0.1, 0.15) is 22.3 Å². The van der Waals surface area contributed by atoms with Crippen molar-refractivity contribution in [3.8, 4) is 0 Å². The molecule has 2 nitrogen and oxygen atoms in total. The van der Waals surface area contributed by atoms with Gasteiger partial charge in [-0.1, -0.05) is 71.3 Å². The van der Waals surface area contributed by atoms with Crippen LogP contribution in [-0.4, -0.2) is 0 Å². The number of thiophene rings is 2. The zero-order valence-corrected chi connectivity index (χ0v) is 27.7. The maximum absolute atomic E-state index is 6.47. The van der Waals surface area contributed by atoms with Crippen LogP contribution in [0.5, 0.6) is 0 Å². The molecule has 0 unspecified atom stereocenters. The summed E-state index contributed by atoms with van der Waals surface area (Å²) in [5.74, 6) is 0. The van der Waals surface area contributed by atoms with E-state index in [1.165, 1.54) is 47.8 Å². The highest BCUT2D eigenvalue weighted by molar-refractivity contribution is 8.32. The van der Waals surface area contributed by atoms with Crippen LogP contribution in [0.3, 0.4) is 0 Å². The van der Waals surface area contributed by atoms with Gasteiger partial charge in [-0.2, -0.15) is 0 Å². The average Bonchev–Trinajstić information content (AvgIpc) is 3.89. The van der Waals surface area contributed by atoms with Crippen LogP contribution in [0.4, 0.5) is 0 Å². The van der Waals surface area contributed by atoms with E-state index in [0.717, 1.165) is 31.8 Å². The van der Waals surface area contributed by atoms with Gasteiger partial charge in [-0.3, -0.25) is 0 Å². The third kappa shape index (κ3) is 5.04. The molecule has 0 saturated carbocycles. The molecule has 0 radical (unpaired) electrons. The summed E-state index contributed by atoms with van der Waals surface area (Å²) in [6.45, 7) is 0. The third-order valence-corrected chi connectivity index (χ3v) is 14.5. The smallest absolute Gasteiger partial charge is 0.140 e. The second-order valence-electron chi connectivity index (χ2n) is 10.1. The molecule has 8 bridgehead atoms. The molecule has 7 aromatic rings. The standard InChI is InChI=1S/C36H20O2S6/c1-2-6-28-27(5-1)41-35(42-28)33-25-17-11-21(37-25)9-13-23-15-19-31(39-23)34(36-43-29-7-3-4-8-30(29)44-36)32-20-16-24(40-32)14-10-22-12-18-26(33)38-22/h1-20H. The minimum absolute atomic E-state index is 0.801. The van der Waals surface area contributed by atoms with Crippen LogP contribution in [-0.2, 0) is 0 Å². The monoisotopic (exact) mass is 676 g/mol. The molecule has 0 fully saturated rings. The Morgan fingerprint density at radius 1 is 0.364 bits per heavy atom. The van der Waals surface area contributed by atoms with Gasteiger partial charge in [0.2, 0.25) is 0 Å². The molecule has 8 heteroatoms. The van der Waals surface area contributed by atoms with E-state index in [1.807, 2.05) is 58.3 Å². The lowest BCUT2D eigenvalue weighted by Crippen LogP contribution is -2.00. The molecule has 0 aliphatic carbocycles. The van der Waals surface area contributed by atoms with E-state index in [0.29, 0.717) is 0 Å². The van der Waals surface area contributed by atoms with Crippen LogP contribution in [0.2, 0.25) is 0 Å². The topological polar surface area (TPSA) is 26.3 Å². The molecule has 0 amide bonds. The first-order valence-electron chi connectivity index (χ1n) is 13.9. The SMILES string of the molecule is c1ccc2c(c1)SC(=c1c3ccc(ccc4ccc(s4)c(=C4Sc5ccccc5S4)c4ccc(ccc5ccc1o5)s4)o3)S2. The predicted octanol–water partition coefficient (Wildman–Crippen LogP) is 11.8. The van der Waals surface area contributed by atoms with Crippen molar-refractivity contribution in [3.05, 3.63) is 132 Å². The Morgan fingerprint density at radius 2 is 0.750 bits per heavy atom. The molecule has 212 valence electrons. The van der Waals surface area contributed by atoms with Crippen molar-refractivity contribution in [2.75, 3.05) is 0 Å². The van der Waals surface area contributed by atoms with E-state index < -0.39 is 0 Å². The van der Waals surface area contributed by atoms with Crippen molar-refractivity contribution in [2.24, 2.45) is 0 Å². The minimum atomic E-state index is 0.801. The largest absolute Gasteiger partial charge is 0.457 e. The first-order valence-corrected chi connectivity index (χ1v) is 18.8. The molecule has 2 aliphatic heterocycles. The molecule has 7 heterocycles. The lowest BCUT2D eigenvalue weighted by atomic mass is 10.3. The number of hydrogen-bond donors (Lipinski definition) is 0. The molecular weight excluding hydrogens is 657 g/mol. The van der Waals surface area contributed by atoms with Crippen LogP contribution in [0.25, 0.3) is 49.6 Å². The van der Waals surface area contributed by atoms with Gasteiger partial charge in [-0.25, -0.2) is 0 Å². The number of furan rings is 2. The first kappa shape index (κ1) is 27.1. The first-order chi connectivity index (χ1) is 21.7. The van der Waals surface area contributed by atoms with Crippen molar-refractivity contribution in [1.29, 1.82) is 0 Å². The summed E-state index contributed by atoms with van der Waals surface area (Å²) in [4.78, 5) is 5.16. The van der Waals surface area contributed by atoms with E-state index in [2.05, 4.69) is 109 Å². The molecule has 0 spiro atoms. The van der Waals surface area contributed by atoms with Gasteiger partial charge in [0.15, 0.2) is 0 Å². The van der Waals surface area contributed by atoms with E-state index in [9.17, 15) is 0 Å². The molecule has 9 rings (SSSR count). The van der Waals surface area contributed by atoms with E-state index >= 15 is 0 Å². The Hall–Kier alpha value is -3.24. The van der Waals surface area contributed by atoms with Gasteiger partial charge < -0.3 is 8.83 Å². The Balaban J connectivity index is 1.32. The van der Waals surface area contributed by atoms with Gasteiger partial charge in [0.05, 0.1) is 13.7 Å². The maximum atomic E-state index is 6.47. The summed E-state index contributed by atoms with van der Waals surface area (Å²) in [6, 6.07) is 42.8. The fraction of sp³-hybridized carbons (Fsp3) is 0. The van der Waals surface area contributed by atoms with Gasteiger partial charge in [0.25, 0.3) is 0 Å². The third-order valence-electron chi connectivity index (χ3n) is 7.23. The second kappa shape index (κ2) is 11.3. The highest BCUT2D eigenvalue weighted by Crippen LogP contribution is 2.52. The van der Waals surface area contributed by atoms with E-state index in [-0.39, 0.29) is 0 Å². The van der Waals surface area contributed by atoms with Gasteiger partial charge in [-0.15, -0.1) is 22.7 Å². The number of benzene rings is 2. The summed E-state index contributed by atoms with van der Waals surface area (Å²) in [6.07, 6.45) is 0. The van der Waals surface area contributed by atoms with Crippen molar-refractivity contribution in [1.82, 2.24) is 0 Å². The fourth-order valence-corrected chi connectivity index (χ4v) is 12.7. The molecule has 2 aliphatic rings.